The quantitative estimate of drug-likeness (QED) is 0.780. The van der Waals surface area contributed by atoms with Crippen LogP contribution in [0.15, 0.2) is 28.9 Å². The highest BCUT2D eigenvalue weighted by atomic mass is 16.6. The van der Waals surface area contributed by atoms with Gasteiger partial charge in [0.15, 0.2) is 0 Å². The second-order valence-corrected chi connectivity index (χ2v) is 3.49. The Morgan fingerprint density at radius 1 is 1.32 bits per heavy atom. The van der Waals surface area contributed by atoms with E-state index in [1.54, 1.807) is 18.2 Å². The zero-order valence-corrected chi connectivity index (χ0v) is 9.91. The van der Waals surface area contributed by atoms with Crippen molar-refractivity contribution in [3.05, 3.63) is 35.5 Å². The smallest absolute Gasteiger partial charge is 0.339 e. The minimum absolute atomic E-state index is 0.131. The number of aromatic nitrogens is 2. The van der Waals surface area contributed by atoms with E-state index in [2.05, 4.69) is 25.0 Å². The van der Waals surface area contributed by atoms with Crippen LogP contribution in [-0.2, 0) is 4.74 Å². The van der Waals surface area contributed by atoms with Crippen molar-refractivity contribution >= 4 is 23.4 Å². The summed E-state index contributed by atoms with van der Waals surface area (Å²) < 4.78 is 8.94. The minimum atomic E-state index is -0.630. The molecule has 2 aromatic rings. The third kappa shape index (κ3) is 2.51. The van der Waals surface area contributed by atoms with E-state index in [4.69, 9.17) is 5.73 Å². The largest absolute Gasteiger partial charge is 0.465 e. The summed E-state index contributed by atoms with van der Waals surface area (Å²) in [6.07, 6.45) is 0. The van der Waals surface area contributed by atoms with E-state index in [1.165, 1.54) is 13.2 Å². The number of methoxy groups -OCH3 is 1. The van der Waals surface area contributed by atoms with Gasteiger partial charge in [0.25, 0.3) is 5.91 Å². The Hall–Kier alpha value is -2.90. The Morgan fingerprint density at radius 3 is 2.68 bits per heavy atom. The molecule has 0 atom stereocenters. The molecule has 0 saturated heterocycles. The Bertz CT molecular complexity index is 623. The Morgan fingerprint density at radius 2 is 2.05 bits per heavy atom. The molecule has 2 rings (SSSR count). The molecule has 8 heteroatoms. The first kappa shape index (κ1) is 12.6. The summed E-state index contributed by atoms with van der Waals surface area (Å²) in [5.74, 6) is -1.33. The molecule has 3 N–H and O–H groups in total. The van der Waals surface area contributed by atoms with Crippen LogP contribution in [0.4, 0.5) is 11.5 Å². The number of hydrogen-bond acceptors (Lipinski definition) is 7. The average Bonchev–Trinajstić information content (AvgIpc) is 2.85. The van der Waals surface area contributed by atoms with Crippen molar-refractivity contribution in [2.45, 2.75) is 0 Å². The number of hydrogen-bond donors (Lipinski definition) is 2. The fraction of sp³-hybridized carbons (Fsp3) is 0.0909. The van der Waals surface area contributed by atoms with Gasteiger partial charge in [0, 0.05) is 0 Å². The lowest BCUT2D eigenvalue weighted by Crippen LogP contribution is -2.17. The number of nitrogens with two attached hydrogens (primary N) is 1. The van der Waals surface area contributed by atoms with Gasteiger partial charge in [-0.1, -0.05) is 12.1 Å². The number of rotatable bonds is 3. The normalized spacial score (nSPS) is 9.95. The van der Waals surface area contributed by atoms with Gasteiger partial charge in [0.05, 0.1) is 18.4 Å². The number of nitrogens with one attached hydrogen (secondary N) is 1. The van der Waals surface area contributed by atoms with E-state index in [1.807, 2.05) is 0 Å². The predicted octanol–water partition coefficient (Wildman–Crippen LogP) is 0.691. The van der Waals surface area contributed by atoms with Crippen LogP contribution in [0.25, 0.3) is 0 Å². The lowest BCUT2D eigenvalue weighted by atomic mass is 10.1. The van der Waals surface area contributed by atoms with E-state index in [9.17, 15) is 9.59 Å². The van der Waals surface area contributed by atoms with Crippen LogP contribution < -0.4 is 11.1 Å². The summed E-state index contributed by atoms with van der Waals surface area (Å²) in [6.45, 7) is 0. The molecule has 98 valence electrons. The first-order chi connectivity index (χ1) is 9.13. The standard InChI is InChI=1S/C11H10N4O4/c1-18-11(17)6-4-2-3-5-7(6)13-10(16)8-9(12)15-19-14-8/h2-5H,1H3,(H2,12,15)(H,13,16). The summed E-state index contributed by atoms with van der Waals surface area (Å²) in [4.78, 5) is 23.4. The number of amides is 1. The lowest BCUT2D eigenvalue weighted by molar-refractivity contribution is 0.0602. The van der Waals surface area contributed by atoms with Crippen LogP contribution in [0.1, 0.15) is 20.8 Å². The third-order valence-corrected chi connectivity index (χ3v) is 2.31. The fourth-order valence-electron chi connectivity index (χ4n) is 1.41. The van der Waals surface area contributed by atoms with Gasteiger partial charge in [-0.2, -0.15) is 0 Å². The Balaban J connectivity index is 2.27. The molecule has 0 radical (unpaired) electrons. The molecule has 0 aliphatic carbocycles. The maximum Gasteiger partial charge on any atom is 0.339 e. The molecule has 1 heterocycles. The van der Waals surface area contributed by atoms with E-state index >= 15 is 0 Å². The highest BCUT2D eigenvalue weighted by molar-refractivity contribution is 6.08. The second kappa shape index (κ2) is 5.17. The Labute approximate surface area is 107 Å². The average molecular weight is 262 g/mol. The van der Waals surface area contributed by atoms with Crippen LogP contribution in [0.3, 0.4) is 0 Å². The first-order valence-corrected chi connectivity index (χ1v) is 5.20. The van der Waals surface area contributed by atoms with Crippen LogP contribution in [0, 0.1) is 0 Å². The van der Waals surface area contributed by atoms with Crippen molar-refractivity contribution in [1.82, 2.24) is 10.3 Å². The highest BCUT2D eigenvalue weighted by Gasteiger charge is 2.19. The van der Waals surface area contributed by atoms with Crippen LogP contribution in [0.5, 0.6) is 0 Å². The van der Waals surface area contributed by atoms with E-state index in [0.29, 0.717) is 0 Å². The van der Waals surface area contributed by atoms with Crippen molar-refractivity contribution in [3.8, 4) is 0 Å². The summed E-state index contributed by atoms with van der Waals surface area (Å²) in [6, 6.07) is 6.38. The Kier molecular flexibility index (Phi) is 3.42. The number of anilines is 2. The molecule has 0 aliphatic heterocycles. The number of carbonyl (C=O) groups is 2. The molecule has 8 nitrogen and oxygen atoms in total. The van der Waals surface area contributed by atoms with Gasteiger partial charge in [0.1, 0.15) is 0 Å². The van der Waals surface area contributed by atoms with Crippen molar-refractivity contribution in [3.63, 3.8) is 0 Å². The van der Waals surface area contributed by atoms with Crippen LogP contribution in [-0.4, -0.2) is 29.3 Å². The van der Waals surface area contributed by atoms with E-state index < -0.39 is 11.9 Å². The SMILES string of the molecule is COC(=O)c1ccccc1NC(=O)c1nonc1N. The molecule has 1 amide bonds. The van der Waals surface area contributed by atoms with Crippen LogP contribution >= 0.6 is 0 Å². The molecule has 1 aromatic carbocycles. The van der Waals surface area contributed by atoms with Gasteiger partial charge in [-0.3, -0.25) is 4.79 Å². The number of nitrogens with zero attached hydrogens (tertiary/aromatic N) is 2. The first-order valence-electron chi connectivity index (χ1n) is 5.20. The summed E-state index contributed by atoms with van der Waals surface area (Å²) >= 11 is 0. The zero-order chi connectivity index (χ0) is 13.8. The summed E-state index contributed by atoms with van der Waals surface area (Å²) in [7, 11) is 1.25. The molecule has 0 spiro atoms. The molecule has 0 saturated carbocycles. The monoisotopic (exact) mass is 262 g/mol. The fourth-order valence-corrected chi connectivity index (χ4v) is 1.41. The van der Waals surface area contributed by atoms with Gasteiger partial charge < -0.3 is 15.8 Å². The number of nitrogen functional groups attached to an aromatic ring is 1. The molecule has 0 fully saturated rings. The van der Waals surface area contributed by atoms with Gasteiger partial charge in [-0.25, -0.2) is 9.42 Å². The van der Waals surface area contributed by atoms with Gasteiger partial charge in [-0.15, -0.1) is 0 Å². The van der Waals surface area contributed by atoms with Gasteiger partial charge in [-0.05, 0) is 22.4 Å². The van der Waals surface area contributed by atoms with Crippen LogP contribution in [0.2, 0.25) is 0 Å². The van der Waals surface area contributed by atoms with Crippen molar-refractivity contribution in [2.24, 2.45) is 0 Å². The topological polar surface area (TPSA) is 120 Å². The molecule has 0 aliphatic rings. The minimum Gasteiger partial charge on any atom is -0.465 e. The predicted molar refractivity (Wildman–Crippen MR) is 64.4 cm³/mol. The van der Waals surface area contributed by atoms with E-state index in [0.717, 1.165) is 0 Å². The van der Waals surface area contributed by atoms with Gasteiger partial charge in [0.2, 0.25) is 11.5 Å². The molecule has 0 bridgehead atoms. The van der Waals surface area contributed by atoms with Crippen molar-refractivity contribution in [2.75, 3.05) is 18.2 Å². The second-order valence-electron chi connectivity index (χ2n) is 3.49. The number of esters is 1. The highest BCUT2D eigenvalue weighted by Crippen LogP contribution is 2.17. The number of para-hydroxylation sites is 1. The molecule has 19 heavy (non-hydrogen) atoms. The molecule has 0 unspecified atom stereocenters. The zero-order valence-electron chi connectivity index (χ0n) is 9.91. The van der Waals surface area contributed by atoms with Crippen molar-refractivity contribution in [1.29, 1.82) is 0 Å². The van der Waals surface area contributed by atoms with E-state index in [-0.39, 0.29) is 22.8 Å². The number of benzene rings is 1. The number of carbonyl (C=O) groups excluding carboxylic acids is 2. The third-order valence-electron chi connectivity index (χ3n) is 2.31. The summed E-state index contributed by atoms with van der Waals surface area (Å²) in [5, 5.41) is 9.15. The van der Waals surface area contributed by atoms with Crippen molar-refractivity contribution < 1.29 is 19.0 Å². The summed E-state index contributed by atoms with van der Waals surface area (Å²) in [5.41, 5.74) is 5.74. The molecular weight excluding hydrogens is 252 g/mol. The molecular formula is C11H10N4O4. The maximum atomic E-state index is 11.9. The molecule has 1 aromatic heterocycles. The van der Waals surface area contributed by atoms with Gasteiger partial charge >= 0.3 is 5.97 Å². The maximum absolute atomic E-state index is 11.9. The lowest BCUT2D eigenvalue weighted by Gasteiger charge is -2.08. The number of ether oxygens (including phenoxy) is 1.